The summed E-state index contributed by atoms with van der Waals surface area (Å²) in [6.45, 7) is 0. The van der Waals surface area contributed by atoms with E-state index in [1.165, 1.54) is 12.1 Å². The van der Waals surface area contributed by atoms with Crippen molar-refractivity contribution in [3.8, 4) is 5.75 Å². The first-order chi connectivity index (χ1) is 11.1. The molecule has 0 aromatic heterocycles. The molecule has 0 aliphatic heterocycles. The van der Waals surface area contributed by atoms with Crippen molar-refractivity contribution in [2.75, 3.05) is 0 Å². The van der Waals surface area contributed by atoms with E-state index in [-0.39, 0.29) is 23.4 Å². The number of ether oxygens (including phenoxy) is 1. The molecule has 0 spiro atoms. The highest BCUT2D eigenvalue weighted by molar-refractivity contribution is 5.83. The number of hydrogen-bond acceptors (Lipinski definition) is 4. The van der Waals surface area contributed by atoms with Gasteiger partial charge in [0.15, 0.2) is 5.75 Å². The Hall–Kier alpha value is -2.89. The zero-order chi connectivity index (χ0) is 16.2. The summed E-state index contributed by atoms with van der Waals surface area (Å²) in [5.74, 6) is -0.200. The second kappa shape index (κ2) is 6.48. The summed E-state index contributed by atoms with van der Waals surface area (Å²) in [4.78, 5) is 23.1. The number of amides is 1. The van der Waals surface area contributed by atoms with Crippen molar-refractivity contribution < 1.29 is 14.5 Å². The fraction of sp³-hybridized carbons (Fsp3) is 0.235. The van der Waals surface area contributed by atoms with Crippen LogP contribution >= 0.6 is 0 Å². The number of carbonyl (C=O) groups excluding carboxylic acids is 1. The number of nitrogens with zero attached hydrogens (tertiary/aromatic N) is 1. The van der Waals surface area contributed by atoms with E-state index >= 15 is 0 Å². The molecule has 118 valence electrons. The molecule has 0 heterocycles. The van der Waals surface area contributed by atoms with Crippen LogP contribution in [0.5, 0.6) is 5.75 Å². The lowest BCUT2D eigenvalue weighted by Gasteiger charge is -2.19. The predicted molar refractivity (Wildman–Crippen MR) is 84.1 cm³/mol. The molecule has 6 nitrogen and oxygen atoms in total. The van der Waals surface area contributed by atoms with Gasteiger partial charge in [-0.15, -0.1) is 0 Å². The van der Waals surface area contributed by atoms with Gasteiger partial charge in [-0.05, 0) is 18.9 Å². The normalized spacial score (nSPS) is 14.8. The van der Waals surface area contributed by atoms with E-state index < -0.39 is 11.0 Å². The highest BCUT2D eigenvalue weighted by Crippen LogP contribution is 2.31. The summed E-state index contributed by atoms with van der Waals surface area (Å²) in [7, 11) is 0. The molecule has 0 unspecified atom stereocenters. The number of carbonyl (C=O) groups is 1. The van der Waals surface area contributed by atoms with Crippen molar-refractivity contribution in [1.29, 1.82) is 0 Å². The smallest absolute Gasteiger partial charge is 0.310 e. The Kier molecular flexibility index (Phi) is 4.23. The van der Waals surface area contributed by atoms with Gasteiger partial charge < -0.3 is 10.1 Å². The third-order valence-corrected chi connectivity index (χ3v) is 3.57. The van der Waals surface area contributed by atoms with E-state index in [1.54, 1.807) is 36.4 Å². The summed E-state index contributed by atoms with van der Waals surface area (Å²) >= 11 is 0. The molecule has 0 saturated heterocycles. The van der Waals surface area contributed by atoms with Crippen LogP contribution < -0.4 is 10.1 Å². The zero-order valence-electron chi connectivity index (χ0n) is 12.3. The lowest BCUT2D eigenvalue weighted by atomic mass is 10.1. The summed E-state index contributed by atoms with van der Waals surface area (Å²) < 4.78 is 5.73. The van der Waals surface area contributed by atoms with Gasteiger partial charge in [-0.25, -0.2) is 0 Å². The minimum Gasteiger partial charge on any atom is -0.469 e. The molecule has 3 rings (SSSR count). The number of nitrogens with one attached hydrogen (secondary N) is 1. The highest BCUT2D eigenvalue weighted by Gasteiger charge is 2.31. The number of rotatable bonds is 6. The van der Waals surface area contributed by atoms with E-state index in [1.807, 2.05) is 6.07 Å². The molecule has 1 aliphatic carbocycles. The summed E-state index contributed by atoms with van der Waals surface area (Å²) in [5.41, 5.74) is 0.497. The molecule has 1 N–H and O–H groups in total. The quantitative estimate of drug-likeness (QED) is 0.656. The molecule has 1 saturated carbocycles. The SMILES string of the molecule is O=C(NC1CC1)[C@@H](Oc1ccccc1[N+](=O)[O-])c1ccccc1. The summed E-state index contributed by atoms with van der Waals surface area (Å²) in [6.07, 6.45) is 0.996. The average molecular weight is 312 g/mol. The van der Waals surface area contributed by atoms with E-state index in [0.717, 1.165) is 12.8 Å². The number of nitro groups is 1. The largest absolute Gasteiger partial charge is 0.469 e. The molecule has 2 aromatic carbocycles. The Labute approximate surface area is 133 Å². The monoisotopic (exact) mass is 312 g/mol. The van der Waals surface area contributed by atoms with Crippen LogP contribution in [-0.4, -0.2) is 16.9 Å². The van der Waals surface area contributed by atoms with Gasteiger partial charge in [0.2, 0.25) is 6.10 Å². The first-order valence-electron chi connectivity index (χ1n) is 7.40. The molecule has 0 bridgehead atoms. The van der Waals surface area contributed by atoms with Crippen LogP contribution in [0, 0.1) is 10.1 Å². The molecule has 2 aromatic rings. The fourth-order valence-electron chi connectivity index (χ4n) is 2.24. The maximum Gasteiger partial charge on any atom is 0.310 e. The first kappa shape index (κ1) is 15.0. The minimum absolute atomic E-state index is 0.0808. The maximum absolute atomic E-state index is 12.5. The zero-order valence-corrected chi connectivity index (χ0v) is 12.3. The number of nitro benzene ring substituents is 1. The summed E-state index contributed by atoms with van der Waals surface area (Å²) in [5, 5.41) is 14.0. The second-order valence-corrected chi connectivity index (χ2v) is 5.42. The Morgan fingerprint density at radius 3 is 2.43 bits per heavy atom. The van der Waals surface area contributed by atoms with E-state index in [0.29, 0.717) is 5.56 Å². The minimum atomic E-state index is -0.919. The van der Waals surface area contributed by atoms with Crippen molar-refractivity contribution in [2.45, 2.75) is 25.0 Å². The molecule has 23 heavy (non-hydrogen) atoms. The van der Waals surface area contributed by atoms with Gasteiger partial charge in [0.05, 0.1) is 4.92 Å². The lowest BCUT2D eigenvalue weighted by molar-refractivity contribution is -0.386. The van der Waals surface area contributed by atoms with Crippen LogP contribution in [-0.2, 0) is 4.79 Å². The van der Waals surface area contributed by atoms with E-state index in [4.69, 9.17) is 4.74 Å². The topological polar surface area (TPSA) is 81.5 Å². The average Bonchev–Trinajstić information content (AvgIpc) is 3.37. The first-order valence-corrected chi connectivity index (χ1v) is 7.40. The second-order valence-electron chi connectivity index (χ2n) is 5.42. The Bertz CT molecular complexity index is 714. The van der Waals surface area contributed by atoms with Crippen molar-refractivity contribution in [3.63, 3.8) is 0 Å². The molecule has 0 radical (unpaired) electrons. The van der Waals surface area contributed by atoms with Crippen LogP contribution in [0.4, 0.5) is 5.69 Å². The van der Waals surface area contributed by atoms with Gasteiger partial charge in [-0.2, -0.15) is 0 Å². The Balaban J connectivity index is 1.89. The Morgan fingerprint density at radius 2 is 1.78 bits per heavy atom. The maximum atomic E-state index is 12.5. The molecule has 1 atom stereocenters. The van der Waals surface area contributed by atoms with Gasteiger partial charge in [-0.1, -0.05) is 42.5 Å². The third kappa shape index (κ3) is 3.66. The van der Waals surface area contributed by atoms with Gasteiger partial charge in [0.1, 0.15) is 0 Å². The third-order valence-electron chi connectivity index (χ3n) is 3.57. The molecule has 1 fully saturated rings. The van der Waals surface area contributed by atoms with Crippen molar-refractivity contribution in [3.05, 3.63) is 70.3 Å². The van der Waals surface area contributed by atoms with E-state index in [2.05, 4.69) is 5.32 Å². The lowest BCUT2D eigenvalue weighted by Crippen LogP contribution is -2.34. The fourth-order valence-corrected chi connectivity index (χ4v) is 2.24. The Morgan fingerprint density at radius 1 is 1.13 bits per heavy atom. The van der Waals surface area contributed by atoms with Crippen LogP contribution in [0.1, 0.15) is 24.5 Å². The van der Waals surface area contributed by atoms with Gasteiger partial charge in [0, 0.05) is 17.7 Å². The molecular formula is C17H16N2O4. The van der Waals surface area contributed by atoms with Crippen LogP contribution in [0.15, 0.2) is 54.6 Å². The molecule has 6 heteroatoms. The van der Waals surface area contributed by atoms with Crippen molar-refractivity contribution >= 4 is 11.6 Å². The molecule has 1 amide bonds. The predicted octanol–water partition coefficient (Wildman–Crippen LogP) is 2.99. The van der Waals surface area contributed by atoms with Gasteiger partial charge >= 0.3 is 5.69 Å². The number of para-hydroxylation sites is 2. The van der Waals surface area contributed by atoms with Gasteiger partial charge in [-0.3, -0.25) is 14.9 Å². The van der Waals surface area contributed by atoms with Crippen molar-refractivity contribution in [2.24, 2.45) is 0 Å². The number of benzene rings is 2. The van der Waals surface area contributed by atoms with E-state index in [9.17, 15) is 14.9 Å². The van der Waals surface area contributed by atoms with Crippen LogP contribution in [0.25, 0.3) is 0 Å². The van der Waals surface area contributed by atoms with Gasteiger partial charge in [0.25, 0.3) is 5.91 Å². The van der Waals surface area contributed by atoms with Crippen molar-refractivity contribution in [1.82, 2.24) is 5.32 Å². The number of hydrogen-bond donors (Lipinski definition) is 1. The molecular weight excluding hydrogens is 296 g/mol. The van der Waals surface area contributed by atoms with Crippen LogP contribution in [0.2, 0.25) is 0 Å². The van der Waals surface area contributed by atoms with Crippen LogP contribution in [0.3, 0.4) is 0 Å². The molecule has 1 aliphatic rings. The summed E-state index contributed by atoms with van der Waals surface area (Å²) in [6, 6.07) is 15.2. The highest BCUT2D eigenvalue weighted by atomic mass is 16.6. The standard InChI is InChI=1S/C17H16N2O4/c20-17(18-13-10-11-13)16(12-6-2-1-3-7-12)23-15-9-5-4-8-14(15)19(21)22/h1-9,13,16H,10-11H2,(H,18,20)/t16-/m0/s1.